The van der Waals surface area contributed by atoms with E-state index in [0.717, 1.165) is 54.9 Å². The van der Waals surface area contributed by atoms with Crippen LogP contribution in [0.3, 0.4) is 0 Å². The molecule has 0 bridgehead atoms. The fourth-order valence-corrected chi connectivity index (χ4v) is 3.75. The van der Waals surface area contributed by atoms with Crippen LogP contribution in [-0.2, 0) is 19.5 Å². The third-order valence-electron chi connectivity index (χ3n) is 4.64. The molecule has 1 aromatic heterocycles. The maximum atomic E-state index is 5.23. The molecule has 0 saturated heterocycles. The predicted molar refractivity (Wildman–Crippen MR) is 142 cm³/mol. The highest BCUT2D eigenvalue weighted by molar-refractivity contribution is 14.0. The van der Waals surface area contributed by atoms with E-state index in [9.17, 15) is 0 Å². The molecule has 0 saturated carbocycles. The molecule has 0 aliphatic rings. The van der Waals surface area contributed by atoms with Gasteiger partial charge in [0.2, 0.25) is 0 Å². The third-order valence-corrected chi connectivity index (χ3v) is 5.66. The first-order chi connectivity index (χ1) is 15.3. The molecule has 7 nitrogen and oxygen atoms in total. The molecule has 0 unspecified atom stereocenters. The predicted octanol–water partition coefficient (Wildman–Crippen LogP) is 3.99. The van der Waals surface area contributed by atoms with Crippen LogP contribution < -0.4 is 15.4 Å². The van der Waals surface area contributed by atoms with Crippen molar-refractivity contribution < 1.29 is 4.74 Å². The molecule has 3 aromatic rings. The number of methoxy groups -OCH3 is 1. The number of aryl methyl sites for hydroxylation is 1. The van der Waals surface area contributed by atoms with Gasteiger partial charge >= 0.3 is 0 Å². The summed E-state index contributed by atoms with van der Waals surface area (Å²) in [6.45, 7) is 5.03. The Morgan fingerprint density at radius 3 is 2.53 bits per heavy atom. The molecule has 172 valence electrons. The number of nitrogens with one attached hydrogen (secondary N) is 2. The molecule has 2 aromatic carbocycles. The van der Waals surface area contributed by atoms with Crippen molar-refractivity contribution in [2.24, 2.45) is 4.99 Å². The zero-order valence-corrected chi connectivity index (χ0v) is 21.7. The second-order valence-electron chi connectivity index (χ2n) is 6.82. The summed E-state index contributed by atoms with van der Waals surface area (Å²) in [5.41, 5.74) is 1.13. The van der Waals surface area contributed by atoms with Crippen LogP contribution in [-0.4, -0.2) is 46.7 Å². The van der Waals surface area contributed by atoms with Gasteiger partial charge in [0.25, 0.3) is 0 Å². The number of hydrogen-bond donors (Lipinski definition) is 2. The summed E-state index contributed by atoms with van der Waals surface area (Å²) in [7, 11) is 1.67. The average Bonchev–Trinajstić information content (AvgIpc) is 3.28. The fourth-order valence-electron chi connectivity index (χ4n) is 2.96. The number of hydrogen-bond acceptors (Lipinski definition) is 5. The minimum absolute atomic E-state index is 0. The van der Waals surface area contributed by atoms with E-state index < -0.39 is 0 Å². The smallest absolute Gasteiger partial charge is 0.191 e. The largest absolute Gasteiger partial charge is 0.497 e. The Hall–Kier alpha value is -2.27. The second kappa shape index (κ2) is 14.7. The number of aliphatic imine (C=N–C) groups is 1. The maximum absolute atomic E-state index is 5.23. The number of aromatic nitrogens is 3. The molecule has 2 N–H and O–H groups in total. The van der Waals surface area contributed by atoms with Gasteiger partial charge in [-0.25, -0.2) is 4.99 Å². The maximum Gasteiger partial charge on any atom is 0.191 e. The van der Waals surface area contributed by atoms with Crippen molar-refractivity contribution >= 4 is 41.7 Å². The monoisotopic (exact) mass is 566 g/mol. The quantitative estimate of drug-likeness (QED) is 0.120. The Bertz CT molecular complexity index is 933. The van der Waals surface area contributed by atoms with Crippen LogP contribution in [0.15, 0.2) is 70.8 Å². The molecule has 0 radical (unpaired) electrons. The number of guanidine groups is 1. The summed E-state index contributed by atoms with van der Waals surface area (Å²) in [6, 6.07) is 18.4. The van der Waals surface area contributed by atoms with Gasteiger partial charge in [-0.2, -0.15) is 0 Å². The molecule has 3 rings (SSSR count). The van der Waals surface area contributed by atoms with Gasteiger partial charge in [0.15, 0.2) is 5.96 Å². The van der Waals surface area contributed by atoms with Crippen LogP contribution in [0.2, 0.25) is 0 Å². The first kappa shape index (κ1) is 26.0. The van der Waals surface area contributed by atoms with Gasteiger partial charge in [-0.3, -0.25) is 0 Å². The molecule has 0 spiro atoms. The molecule has 32 heavy (non-hydrogen) atoms. The van der Waals surface area contributed by atoms with Gasteiger partial charge in [0, 0.05) is 36.7 Å². The first-order valence-corrected chi connectivity index (χ1v) is 11.5. The lowest BCUT2D eigenvalue weighted by molar-refractivity contribution is 0.414. The number of ether oxygens (including phenoxy) is 1. The Morgan fingerprint density at radius 2 is 1.81 bits per heavy atom. The van der Waals surface area contributed by atoms with E-state index in [1.165, 1.54) is 4.90 Å². The van der Waals surface area contributed by atoms with E-state index in [-0.39, 0.29) is 24.0 Å². The van der Waals surface area contributed by atoms with Gasteiger partial charge in [0.05, 0.1) is 13.7 Å². The third kappa shape index (κ3) is 8.70. The van der Waals surface area contributed by atoms with Crippen molar-refractivity contribution in [1.29, 1.82) is 0 Å². The van der Waals surface area contributed by atoms with E-state index in [1.807, 2.05) is 42.1 Å². The van der Waals surface area contributed by atoms with E-state index in [2.05, 4.69) is 56.6 Å². The van der Waals surface area contributed by atoms with Crippen molar-refractivity contribution in [2.75, 3.05) is 26.0 Å². The molecule has 0 fully saturated rings. The first-order valence-electron chi connectivity index (χ1n) is 10.5. The lowest BCUT2D eigenvalue weighted by Gasteiger charge is -2.13. The number of thioether (sulfide) groups is 1. The van der Waals surface area contributed by atoms with Crippen LogP contribution in [0, 0.1) is 0 Å². The Labute approximate surface area is 211 Å². The van der Waals surface area contributed by atoms with Crippen LogP contribution >= 0.6 is 35.7 Å². The summed E-state index contributed by atoms with van der Waals surface area (Å²) in [5, 5.41) is 15.0. The summed E-state index contributed by atoms with van der Waals surface area (Å²) < 4.78 is 7.30. The zero-order chi connectivity index (χ0) is 21.7. The van der Waals surface area contributed by atoms with E-state index in [4.69, 9.17) is 9.73 Å². The lowest BCUT2D eigenvalue weighted by Crippen LogP contribution is -2.40. The van der Waals surface area contributed by atoms with Gasteiger partial charge in [-0.1, -0.05) is 37.3 Å². The molecule has 0 aliphatic carbocycles. The SMILES string of the molecule is CCc1nncn1CCNC(=NCc1ccc(OC)cc1)NCCSc1ccccc1.I. The number of rotatable bonds is 11. The topological polar surface area (TPSA) is 76.4 Å². The van der Waals surface area contributed by atoms with E-state index >= 15 is 0 Å². The van der Waals surface area contributed by atoms with Crippen LogP contribution in [0.4, 0.5) is 0 Å². The van der Waals surface area contributed by atoms with E-state index in [1.54, 1.807) is 13.4 Å². The molecule has 9 heteroatoms. The molecular formula is C23H31IN6OS. The lowest BCUT2D eigenvalue weighted by atomic mass is 10.2. The van der Waals surface area contributed by atoms with Crippen LogP contribution in [0.5, 0.6) is 5.75 Å². The van der Waals surface area contributed by atoms with Crippen molar-refractivity contribution in [3.63, 3.8) is 0 Å². The molecule has 1 heterocycles. The average molecular weight is 567 g/mol. The number of halogens is 1. The number of benzene rings is 2. The fraction of sp³-hybridized carbons (Fsp3) is 0.348. The Morgan fingerprint density at radius 1 is 1.06 bits per heavy atom. The highest BCUT2D eigenvalue weighted by Gasteiger charge is 2.03. The summed E-state index contributed by atoms with van der Waals surface area (Å²) in [4.78, 5) is 6.03. The van der Waals surface area contributed by atoms with Crippen LogP contribution in [0.25, 0.3) is 0 Å². The van der Waals surface area contributed by atoms with Gasteiger partial charge < -0.3 is 19.9 Å². The van der Waals surface area contributed by atoms with Gasteiger partial charge in [0.1, 0.15) is 17.9 Å². The minimum Gasteiger partial charge on any atom is -0.497 e. The normalized spacial score (nSPS) is 11.0. The highest BCUT2D eigenvalue weighted by atomic mass is 127. The molecular weight excluding hydrogens is 535 g/mol. The van der Waals surface area contributed by atoms with Crippen molar-refractivity contribution in [2.45, 2.75) is 31.3 Å². The Balaban J connectivity index is 0.00000363. The van der Waals surface area contributed by atoms with Crippen LogP contribution in [0.1, 0.15) is 18.3 Å². The van der Waals surface area contributed by atoms with E-state index in [0.29, 0.717) is 6.54 Å². The van der Waals surface area contributed by atoms with Crippen molar-refractivity contribution in [1.82, 2.24) is 25.4 Å². The second-order valence-corrected chi connectivity index (χ2v) is 7.99. The number of nitrogens with zero attached hydrogens (tertiary/aromatic N) is 4. The zero-order valence-electron chi connectivity index (χ0n) is 18.5. The summed E-state index contributed by atoms with van der Waals surface area (Å²) >= 11 is 1.83. The summed E-state index contributed by atoms with van der Waals surface area (Å²) in [6.07, 6.45) is 2.64. The molecule has 0 aliphatic heterocycles. The molecule has 0 amide bonds. The highest BCUT2D eigenvalue weighted by Crippen LogP contribution is 2.15. The van der Waals surface area contributed by atoms with Crippen molar-refractivity contribution in [3.8, 4) is 5.75 Å². The molecule has 0 atom stereocenters. The van der Waals surface area contributed by atoms with Crippen molar-refractivity contribution in [3.05, 3.63) is 72.3 Å². The standard InChI is InChI=1S/C23H30N6OS.HI/c1-3-22-28-27-18-29(22)15-13-24-23(25-14-16-31-21-7-5-4-6-8-21)26-17-19-9-11-20(30-2)12-10-19;/h4-12,18H,3,13-17H2,1-2H3,(H2,24,25,26);1H. The van der Waals surface area contributed by atoms with Gasteiger partial charge in [-0.05, 0) is 29.8 Å². The summed E-state index contributed by atoms with van der Waals surface area (Å²) in [5.74, 6) is 3.60. The van der Waals surface area contributed by atoms with Gasteiger partial charge in [-0.15, -0.1) is 45.9 Å². The Kier molecular flexibility index (Phi) is 12.0. The minimum atomic E-state index is 0.